The number of quaternary nitrogens is 2. The SMILES string of the molecule is Cc1cccc(C)c1NC(=O)C[NH+]1CCN(C(=S)NCC[NH+](C)C)CC1. The molecule has 0 radical (unpaired) electrons. The molecule has 0 bridgehead atoms. The molecule has 2 rings (SSSR count). The minimum Gasteiger partial charge on any atom is -0.357 e. The Kier molecular flexibility index (Phi) is 7.81. The van der Waals surface area contributed by atoms with Crippen LogP contribution in [0, 0.1) is 13.8 Å². The van der Waals surface area contributed by atoms with Gasteiger partial charge in [-0.15, -0.1) is 0 Å². The van der Waals surface area contributed by atoms with Crippen LogP contribution in [0.2, 0.25) is 0 Å². The van der Waals surface area contributed by atoms with E-state index in [1.807, 2.05) is 32.0 Å². The maximum absolute atomic E-state index is 12.4. The van der Waals surface area contributed by atoms with Gasteiger partial charge in [0.15, 0.2) is 11.7 Å². The average Bonchev–Trinajstić information content (AvgIpc) is 2.58. The second-order valence-electron chi connectivity index (χ2n) is 7.42. The first-order chi connectivity index (χ1) is 12.4. The summed E-state index contributed by atoms with van der Waals surface area (Å²) < 4.78 is 0. The lowest BCUT2D eigenvalue weighted by molar-refractivity contribution is -0.895. The molecule has 0 unspecified atom stereocenters. The van der Waals surface area contributed by atoms with Gasteiger partial charge in [-0.2, -0.15) is 0 Å². The van der Waals surface area contributed by atoms with Crippen molar-refractivity contribution >= 4 is 28.9 Å². The molecular weight excluding hydrogens is 346 g/mol. The van der Waals surface area contributed by atoms with Crippen LogP contribution < -0.4 is 20.4 Å². The molecule has 1 amide bonds. The highest BCUT2D eigenvalue weighted by Crippen LogP contribution is 2.18. The van der Waals surface area contributed by atoms with Crippen LogP contribution in [0.15, 0.2) is 18.2 Å². The predicted molar refractivity (Wildman–Crippen MR) is 110 cm³/mol. The van der Waals surface area contributed by atoms with Gasteiger partial charge in [0.1, 0.15) is 0 Å². The van der Waals surface area contributed by atoms with Gasteiger partial charge in [-0.1, -0.05) is 18.2 Å². The van der Waals surface area contributed by atoms with Crippen molar-refractivity contribution in [2.45, 2.75) is 13.8 Å². The number of benzene rings is 1. The number of carbonyl (C=O) groups excluding carboxylic acids is 1. The van der Waals surface area contributed by atoms with Gasteiger partial charge >= 0.3 is 0 Å². The largest absolute Gasteiger partial charge is 0.357 e. The topological polar surface area (TPSA) is 53.2 Å². The van der Waals surface area contributed by atoms with Crippen molar-refractivity contribution in [1.29, 1.82) is 0 Å². The Hall–Kier alpha value is -1.70. The van der Waals surface area contributed by atoms with E-state index in [9.17, 15) is 4.79 Å². The molecule has 1 heterocycles. The van der Waals surface area contributed by atoms with E-state index in [0.29, 0.717) is 6.54 Å². The first-order valence-corrected chi connectivity index (χ1v) is 9.79. The molecule has 6 nitrogen and oxygen atoms in total. The van der Waals surface area contributed by atoms with Gasteiger partial charge in [-0.05, 0) is 37.2 Å². The van der Waals surface area contributed by atoms with Gasteiger partial charge in [-0.25, -0.2) is 0 Å². The number of piperazine rings is 1. The number of hydrogen-bond donors (Lipinski definition) is 4. The van der Waals surface area contributed by atoms with Crippen LogP contribution >= 0.6 is 12.2 Å². The highest BCUT2D eigenvalue weighted by Gasteiger charge is 2.23. The van der Waals surface area contributed by atoms with E-state index in [1.165, 1.54) is 9.80 Å². The van der Waals surface area contributed by atoms with Crippen molar-refractivity contribution in [3.05, 3.63) is 29.3 Å². The van der Waals surface area contributed by atoms with Crippen LogP contribution in [0.3, 0.4) is 0 Å². The number of carbonyl (C=O) groups is 1. The van der Waals surface area contributed by atoms with E-state index in [4.69, 9.17) is 12.2 Å². The maximum Gasteiger partial charge on any atom is 0.279 e. The number of hydrogen-bond acceptors (Lipinski definition) is 2. The summed E-state index contributed by atoms with van der Waals surface area (Å²) in [5.41, 5.74) is 3.16. The Labute approximate surface area is 162 Å². The molecule has 1 aromatic carbocycles. The number of nitrogens with zero attached hydrogens (tertiary/aromatic N) is 1. The third-order valence-electron chi connectivity index (χ3n) is 4.82. The Morgan fingerprint density at radius 2 is 1.85 bits per heavy atom. The predicted octanol–water partition coefficient (Wildman–Crippen LogP) is -1.54. The Morgan fingerprint density at radius 1 is 1.23 bits per heavy atom. The minimum atomic E-state index is 0.0838. The van der Waals surface area contributed by atoms with Crippen LogP contribution in [-0.2, 0) is 4.79 Å². The second-order valence-corrected chi connectivity index (χ2v) is 7.80. The normalized spacial score (nSPS) is 15.2. The Bertz CT molecular complexity index is 606. The summed E-state index contributed by atoms with van der Waals surface area (Å²) in [6.07, 6.45) is 0. The van der Waals surface area contributed by atoms with E-state index in [1.54, 1.807) is 0 Å². The number of likely N-dealkylation sites (N-methyl/N-ethyl adjacent to an activating group) is 1. The molecule has 4 N–H and O–H groups in total. The van der Waals surface area contributed by atoms with Gasteiger partial charge < -0.3 is 25.3 Å². The van der Waals surface area contributed by atoms with E-state index < -0.39 is 0 Å². The number of anilines is 1. The number of para-hydroxylation sites is 1. The zero-order valence-electron chi connectivity index (χ0n) is 16.4. The van der Waals surface area contributed by atoms with Gasteiger partial charge in [0.2, 0.25) is 0 Å². The lowest BCUT2D eigenvalue weighted by Crippen LogP contribution is -3.15. The van der Waals surface area contributed by atoms with Crippen LogP contribution in [0.25, 0.3) is 0 Å². The van der Waals surface area contributed by atoms with Crippen molar-refractivity contribution in [2.75, 3.05) is 65.2 Å². The lowest BCUT2D eigenvalue weighted by Gasteiger charge is -2.33. The second kappa shape index (κ2) is 9.85. The number of nitrogens with one attached hydrogen (secondary N) is 4. The monoisotopic (exact) mass is 379 g/mol. The minimum absolute atomic E-state index is 0.0838. The standard InChI is InChI=1S/C19H31N5OS/c1-15-6-5-7-16(2)18(15)21-17(25)14-23-10-12-24(13-11-23)19(26)20-8-9-22(3)4/h5-7H,8-14H2,1-4H3,(H,20,26)(H,21,25)/p+2. The van der Waals surface area contributed by atoms with Crippen molar-refractivity contribution in [3.63, 3.8) is 0 Å². The molecular formula is C19H33N5OS+2. The van der Waals surface area contributed by atoms with Gasteiger partial charge in [0.05, 0.1) is 53.4 Å². The van der Waals surface area contributed by atoms with Gasteiger partial charge in [0.25, 0.3) is 5.91 Å². The number of amides is 1. The molecule has 1 fully saturated rings. The first-order valence-electron chi connectivity index (χ1n) is 9.38. The molecule has 0 spiro atoms. The summed E-state index contributed by atoms with van der Waals surface area (Å²) in [6.45, 7) is 10.2. The summed E-state index contributed by atoms with van der Waals surface area (Å²) in [7, 11) is 4.27. The molecule has 0 saturated carbocycles. The Balaban J connectivity index is 1.74. The highest BCUT2D eigenvalue weighted by atomic mass is 32.1. The number of rotatable bonds is 6. The summed E-state index contributed by atoms with van der Waals surface area (Å²) in [6, 6.07) is 6.07. The summed E-state index contributed by atoms with van der Waals surface area (Å²) >= 11 is 5.48. The molecule has 144 valence electrons. The molecule has 1 aliphatic heterocycles. The molecule has 0 atom stereocenters. The third kappa shape index (κ3) is 6.23. The fraction of sp³-hybridized carbons (Fsp3) is 0.579. The van der Waals surface area contributed by atoms with Crippen molar-refractivity contribution in [1.82, 2.24) is 10.2 Å². The van der Waals surface area contributed by atoms with Crippen LogP contribution in [0.4, 0.5) is 5.69 Å². The smallest absolute Gasteiger partial charge is 0.279 e. The molecule has 0 aromatic heterocycles. The van der Waals surface area contributed by atoms with E-state index in [-0.39, 0.29) is 5.91 Å². The summed E-state index contributed by atoms with van der Waals surface area (Å²) in [5.74, 6) is 0.0838. The fourth-order valence-electron chi connectivity index (χ4n) is 3.16. The molecule has 0 aliphatic carbocycles. The van der Waals surface area contributed by atoms with Crippen molar-refractivity contribution < 1.29 is 14.6 Å². The van der Waals surface area contributed by atoms with Gasteiger partial charge in [0, 0.05) is 5.69 Å². The molecule has 26 heavy (non-hydrogen) atoms. The molecule has 1 aromatic rings. The maximum atomic E-state index is 12.4. The van der Waals surface area contributed by atoms with Crippen molar-refractivity contribution in [3.8, 4) is 0 Å². The van der Waals surface area contributed by atoms with E-state index in [2.05, 4.69) is 29.6 Å². The van der Waals surface area contributed by atoms with Crippen LogP contribution in [0.1, 0.15) is 11.1 Å². The molecule has 7 heteroatoms. The third-order valence-corrected chi connectivity index (χ3v) is 5.22. The molecule has 1 aliphatic rings. The lowest BCUT2D eigenvalue weighted by atomic mass is 10.1. The highest BCUT2D eigenvalue weighted by molar-refractivity contribution is 7.80. The zero-order valence-corrected chi connectivity index (χ0v) is 17.3. The quantitative estimate of drug-likeness (QED) is 0.453. The average molecular weight is 380 g/mol. The van der Waals surface area contributed by atoms with Gasteiger partial charge in [-0.3, -0.25) is 4.79 Å². The fourth-order valence-corrected chi connectivity index (χ4v) is 3.44. The van der Waals surface area contributed by atoms with E-state index >= 15 is 0 Å². The molecule has 1 saturated heterocycles. The van der Waals surface area contributed by atoms with Crippen LogP contribution in [-0.4, -0.2) is 75.8 Å². The summed E-state index contributed by atoms with van der Waals surface area (Å²) in [4.78, 5) is 17.4. The number of thiocarbonyl (C=S) groups is 1. The van der Waals surface area contributed by atoms with E-state index in [0.717, 1.165) is 61.2 Å². The van der Waals surface area contributed by atoms with Crippen molar-refractivity contribution in [2.24, 2.45) is 0 Å². The number of aryl methyl sites for hydroxylation is 2. The Morgan fingerprint density at radius 3 is 2.42 bits per heavy atom. The zero-order chi connectivity index (χ0) is 19.1. The summed E-state index contributed by atoms with van der Waals surface area (Å²) in [5, 5.41) is 7.26. The van der Waals surface area contributed by atoms with Crippen LogP contribution in [0.5, 0.6) is 0 Å². The first kappa shape index (κ1) is 20.6.